The second-order valence-electron chi connectivity index (χ2n) is 4.87. The number of pyridine rings is 1. The van der Waals surface area contributed by atoms with Gasteiger partial charge >= 0.3 is 0 Å². The maximum absolute atomic E-state index is 12.2. The molecule has 1 unspecified atom stereocenters. The standard InChI is InChI=1S/C16H13ClN4O2S/c1-10(14(22)19-13-6-2-5-12(17)8-13)24-16-21-20-15(23-16)11-4-3-7-18-9-11/h2-10H,1H3,(H,19,22). The first kappa shape index (κ1) is 16.5. The fourth-order valence-corrected chi connectivity index (χ4v) is 2.75. The molecule has 0 radical (unpaired) electrons. The van der Waals surface area contributed by atoms with E-state index in [0.29, 0.717) is 21.8 Å². The summed E-state index contributed by atoms with van der Waals surface area (Å²) in [6.07, 6.45) is 3.30. The van der Waals surface area contributed by atoms with E-state index >= 15 is 0 Å². The first-order valence-corrected chi connectivity index (χ1v) is 8.34. The van der Waals surface area contributed by atoms with E-state index in [2.05, 4.69) is 20.5 Å². The highest BCUT2D eigenvalue weighted by Gasteiger charge is 2.19. The fourth-order valence-electron chi connectivity index (χ4n) is 1.88. The quantitative estimate of drug-likeness (QED) is 0.695. The number of amides is 1. The maximum Gasteiger partial charge on any atom is 0.277 e. The molecule has 3 rings (SSSR count). The monoisotopic (exact) mass is 360 g/mol. The molecule has 0 spiro atoms. The molecule has 0 bridgehead atoms. The van der Waals surface area contributed by atoms with Crippen molar-refractivity contribution in [1.29, 1.82) is 0 Å². The topological polar surface area (TPSA) is 80.9 Å². The van der Waals surface area contributed by atoms with Crippen molar-refractivity contribution >= 4 is 35.0 Å². The highest BCUT2D eigenvalue weighted by molar-refractivity contribution is 8.00. The predicted octanol–water partition coefficient (Wildman–Crippen LogP) is 3.90. The zero-order valence-corrected chi connectivity index (χ0v) is 14.2. The lowest BCUT2D eigenvalue weighted by atomic mass is 10.3. The second kappa shape index (κ2) is 7.46. The van der Waals surface area contributed by atoms with Crippen LogP contribution < -0.4 is 5.32 Å². The van der Waals surface area contributed by atoms with Gasteiger partial charge in [-0.3, -0.25) is 9.78 Å². The molecule has 1 N–H and O–H groups in total. The predicted molar refractivity (Wildman–Crippen MR) is 92.9 cm³/mol. The highest BCUT2D eigenvalue weighted by Crippen LogP contribution is 2.26. The number of nitrogens with zero attached hydrogens (tertiary/aromatic N) is 3. The van der Waals surface area contributed by atoms with E-state index in [9.17, 15) is 4.79 Å². The molecule has 1 atom stereocenters. The van der Waals surface area contributed by atoms with E-state index < -0.39 is 5.25 Å². The minimum absolute atomic E-state index is 0.177. The summed E-state index contributed by atoms with van der Waals surface area (Å²) in [5, 5.41) is 11.2. The molecule has 6 nitrogen and oxygen atoms in total. The largest absolute Gasteiger partial charge is 0.411 e. The Morgan fingerprint density at radius 2 is 2.17 bits per heavy atom. The Labute approximate surface area is 147 Å². The molecule has 1 amide bonds. The lowest BCUT2D eigenvalue weighted by molar-refractivity contribution is -0.115. The number of carbonyl (C=O) groups excluding carboxylic acids is 1. The molecule has 0 aliphatic carbocycles. The number of hydrogen-bond acceptors (Lipinski definition) is 6. The molecule has 2 heterocycles. The first-order chi connectivity index (χ1) is 11.6. The van der Waals surface area contributed by atoms with Crippen LogP contribution in [0.4, 0.5) is 5.69 Å². The third-order valence-corrected chi connectivity index (χ3v) is 4.22. The Kier molecular flexibility index (Phi) is 5.12. The Morgan fingerprint density at radius 1 is 1.29 bits per heavy atom. The van der Waals surface area contributed by atoms with Crippen LogP contribution >= 0.6 is 23.4 Å². The van der Waals surface area contributed by atoms with Crippen molar-refractivity contribution in [2.45, 2.75) is 17.4 Å². The van der Waals surface area contributed by atoms with Gasteiger partial charge in [0.25, 0.3) is 5.22 Å². The molecule has 2 aromatic heterocycles. The maximum atomic E-state index is 12.2. The molecule has 122 valence electrons. The average molecular weight is 361 g/mol. The zero-order chi connectivity index (χ0) is 16.9. The van der Waals surface area contributed by atoms with Crippen LogP contribution in [-0.2, 0) is 4.79 Å². The Hall–Kier alpha value is -2.38. The molecule has 0 saturated heterocycles. The minimum Gasteiger partial charge on any atom is -0.411 e. The summed E-state index contributed by atoms with van der Waals surface area (Å²) in [7, 11) is 0. The lowest BCUT2D eigenvalue weighted by Crippen LogP contribution is -2.22. The van der Waals surface area contributed by atoms with Crippen LogP contribution in [0, 0.1) is 0 Å². The Morgan fingerprint density at radius 3 is 2.92 bits per heavy atom. The van der Waals surface area contributed by atoms with Crippen molar-refractivity contribution in [3.8, 4) is 11.5 Å². The highest BCUT2D eigenvalue weighted by atomic mass is 35.5. The van der Waals surface area contributed by atoms with Crippen molar-refractivity contribution in [2.75, 3.05) is 5.32 Å². The van der Waals surface area contributed by atoms with E-state index in [1.165, 1.54) is 11.8 Å². The van der Waals surface area contributed by atoms with Gasteiger partial charge in [-0.15, -0.1) is 10.2 Å². The zero-order valence-electron chi connectivity index (χ0n) is 12.6. The normalized spacial score (nSPS) is 11.9. The van der Waals surface area contributed by atoms with Gasteiger partial charge in [0, 0.05) is 23.1 Å². The number of benzene rings is 1. The van der Waals surface area contributed by atoms with Crippen LogP contribution in [0.15, 0.2) is 58.4 Å². The van der Waals surface area contributed by atoms with Crippen LogP contribution in [0.3, 0.4) is 0 Å². The van der Waals surface area contributed by atoms with Gasteiger partial charge < -0.3 is 9.73 Å². The number of carbonyl (C=O) groups is 1. The summed E-state index contributed by atoms with van der Waals surface area (Å²) < 4.78 is 5.56. The van der Waals surface area contributed by atoms with Crippen LogP contribution in [-0.4, -0.2) is 26.3 Å². The van der Waals surface area contributed by atoms with Crippen molar-refractivity contribution in [3.05, 3.63) is 53.8 Å². The first-order valence-electron chi connectivity index (χ1n) is 7.09. The van der Waals surface area contributed by atoms with Crippen LogP contribution in [0.25, 0.3) is 11.5 Å². The molecule has 8 heteroatoms. The lowest BCUT2D eigenvalue weighted by Gasteiger charge is -2.09. The van der Waals surface area contributed by atoms with Gasteiger partial charge in [-0.05, 0) is 37.3 Å². The molecule has 0 saturated carbocycles. The van der Waals surface area contributed by atoms with Crippen molar-refractivity contribution < 1.29 is 9.21 Å². The average Bonchev–Trinajstić information content (AvgIpc) is 3.04. The van der Waals surface area contributed by atoms with E-state index in [-0.39, 0.29) is 5.91 Å². The van der Waals surface area contributed by atoms with Crippen LogP contribution in [0.1, 0.15) is 6.92 Å². The van der Waals surface area contributed by atoms with Gasteiger partial charge in [0.2, 0.25) is 11.8 Å². The molecular weight excluding hydrogens is 348 g/mol. The second-order valence-corrected chi connectivity index (χ2v) is 6.60. The molecular formula is C16H13ClN4O2S. The molecule has 3 aromatic rings. The molecule has 0 fully saturated rings. The van der Waals surface area contributed by atoms with Gasteiger partial charge in [0.15, 0.2) is 0 Å². The summed E-state index contributed by atoms with van der Waals surface area (Å²) >= 11 is 7.09. The summed E-state index contributed by atoms with van der Waals surface area (Å²) in [6.45, 7) is 1.76. The summed E-state index contributed by atoms with van der Waals surface area (Å²) in [4.78, 5) is 16.2. The number of nitrogens with one attached hydrogen (secondary N) is 1. The van der Waals surface area contributed by atoms with E-state index in [1.54, 1.807) is 49.6 Å². The number of halogens is 1. The molecule has 24 heavy (non-hydrogen) atoms. The number of anilines is 1. The van der Waals surface area contributed by atoms with Crippen molar-refractivity contribution in [1.82, 2.24) is 15.2 Å². The number of rotatable bonds is 5. The van der Waals surface area contributed by atoms with Gasteiger partial charge in [-0.2, -0.15) is 0 Å². The molecule has 0 aliphatic rings. The van der Waals surface area contributed by atoms with Crippen molar-refractivity contribution in [2.24, 2.45) is 0 Å². The van der Waals surface area contributed by atoms with Crippen LogP contribution in [0.2, 0.25) is 5.02 Å². The fraction of sp³-hybridized carbons (Fsp3) is 0.125. The SMILES string of the molecule is CC(Sc1nnc(-c2cccnc2)o1)C(=O)Nc1cccc(Cl)c1. The third kappa shape index (κ3) is 4.12. The molecule has 0 aliphatic heterocycles. The van der Waals surface area contributed by atoms with Gasteiger partial charge in [-0.25, -0.2) is 0 Å². The van der Waals surface area contributed by atoms with Gasteiger partial charge in [0.1, 0.15) is 0 Å². The Balaban J connectivity index is 1.63. The van der Waals surface area contributed by atoms with E-state index in [4.69, 9.17) is 16.0 Å². The summed E-state index contributed by atoms with van der Waals surface area (Å²) in [6, 6.07) is 10.6. The third-order valence-electron chi connectivity index (χ3n) is 3.05. The van der Waals surface area contributed by atoms with Gasteiger partial charge in [0.05, 0.1) is 10.8 Å². The smallest absolute Gasteiger partial charge is 0.277 e. The minimum atomic E-state index is -0.411. The number of thioether (sulfide) groups is 1. The molecule has 1 aromatic carbocycles. The van der Waals surface area contributed by atoms with E-state index in [1.807, 2.05) is 6.07 Å². The summed E-state index contributed by atoms with van der Waals surface area (Å²) in [5.74, 6) is 0.191. The van der Waals surface area contributed by atoms with Gasteiger partial charge in [-0.1, -0.05) is 29.4 Å². The van der Waals surface area contributed by atoms with Crippen molar-refractivity contribution in [3.63, 3.8) is 0 Å². The number of hydrogen-bond donors (Lipinski definition) is 1. The van der Waals surface area contributed by atoms with E-state index in [0.717, 1.165) is 5.56 Å². The summed E-state index contributed by atoms with van der Waals surface area (Å²) in [5.41, 5.74) is 1.37. The Bertz CT molecular complexity index is 841. The van der Waals surface area contributed by atoms with Crippen LogP contribution in [0.5, 0.6) is 0 Å². The number of aromatic nitrogens is 3.